The van der Waals surface area contributed by atoms with Crippen LogP contribution in [0.2, 0.25) is 10.2 Å². The van der Waals surface area contributed by atoms with Crippen molar-refractivity contribution in [2.24, 2.45) is 0 Å². The fraction of sp³-hybridized carbons (Fsp3) is 0.0625. The van der Waals surface area contributed by atoms with Crippen molar-refractivity contribution in [2.45, 2.75) is 6.92 Å². The molecule has 0 atom stereocenters. The van der Waals surface area contributed by atoms with E-state index in [2.05, 4.69) is 4.98 Å². The molecule has 0 unspecified atom stereocenters. The second-order valence-corrected chi connectivity index (χ2v) is 5.16. The Bertz CT molecular complexity index is 752. The molecule has 0 aliphatic rings. The molecule has 0 fully saturated rings. The van der Waals surface area contributed by atoms with Gasteiger partial charge >= 0.3 is 0 Å². The fourth-order valence-electron chi connectivity index (χ4n) is 2.21. The molecule has 3 aromatic rings. The summed E-state index contributed by atoms with van der Waals surface area (Å²) in [6.45, 7) is 2.00. The first-order chi connectivity index (χ1) is 9.18. The van der Waals surface area contributed by atoms with Crippen LogP contribution in [0, 0.1) is 6.92 Å². The van der Waals surface area contributed by atoms with E-state index in [0.29, 0.717) is 10.2 Å². The van der Waals surface area contributed by atoms with E-state index in [1.54, 1.807) is 0 Å². The quantitative estimate of drug-likeness (QED) is 0.537. The molecule has 0 saturated carbocycles. The number of halogens is 2. The first-order valence-electron chi connectivity index (χ1n) is 5.98. The van der Waals surface area contributed by atoms with Crippen LogP contribution in [0.1, 0.15) is 5.56 Å². The molecule has 3 heteroatoms. The molecule has 1 aromatic heterocycles. The van der Waals surface area contributed by atoms with Crippen LogP contribution < -0.4 is 0 Å². The first kappa shape index (κ1) is 12.5. The minimum Gasteiger partial charge on any atom is -0.235 e. The zero-order valence-corrected chi connectivity index (χ0v) is 11.8. The molecule has 1 nitrogen and oxygen atoms in total. The maximum atomic E-state index is 6.53. The maximum absolute atomic E-state index is 6.53. The van der Waals surface area contributed by atoms with Gasteiger partial charge in [-0.05, 0) is 18.1 Å². The Kier molecular flexibility index (Phi) is 3.17. The summed E-state index contributed by atoms with van der Waals surface area (Å²) in [6.07, 6.45) is 0. The van der Waals surface area contributed by atoms with Crippen molar-refractivity contribution in [3.63, 3.8) is 0 Å². The Morgan fingerprint density at radius 1 is 0.895 bits per heavy atom. The summed E-state index contributed by atoms with van der Waals surface area (Å²) in [6, 6.07) is 15.8. The highest BCUT2D eigenvalue weighted by atomic mass is 35.5. The lowest BCUT2D eigenvalue weighted by atomic mass is 10.0. The normalized spacial score (nSPS) is 10.9. The predicted octanol–water partition coefficient (Wildman–Crippen LogP) is 5.52. The van der Waals surface area contributed by atoms with Crippen LogP contribution in [-0.2, 0) is 0 Å². The minimum absolute atomic E-state index is 0.443. The molecule has 0 N–H and O–H groups in total. The summed E-state index contributed by atoms with van der Waals surface area (Å²) < 4.78 is 0. The largest absolute Gasteiger partial charge is 0.235 e. The molecule has 0 spiro atoms. The summed E-state index contributed by atoms with van der Waals surface area (Å²) in [4.78, 5) is 4.49. The van der Waals surface area contributed by atoms with Gasteiger partial charge in [-0.1, -0.05) is 71.7 Å². The van der Waals surface area contributed by atoms with Crippen molar-refractivity contribution in [2.75, 3.05) is 0 Å². The molecule has 0 saturated heterocycles. The minimum atomic E-state index is 0.443. The van der Waals surface area contributed by atoms with Crippen molar-refractivity contribution >= 4 is 34.1 Å². The molecule has 0 aliphatic carbocycles. The van der Waals surface area contributed by atoms with Gasteiger partial charge in [-0.15, -0.1) is 0 Å². The van der Waals surface area contributed by atoms with Crippen molar-refractivity contribution in [3.05, 3.63) is 64.3 Å². The predicted molar refractivity (Wildman–Crippen MR) is 81.9 cm³/mol. The molecule has 0 bridgehead atoms. The number of nitrogens with zero attached hydrogens (tertiary/aromatic N) is 1. The van der Waals surface area contributed by atoms with Gasteiger partial charge in [0.15, 0.2) is 0 Å². The van der Waals surface area contributed by atoms with Gasteiger partial charge in [-0.3, -0.25) is 0 Å². The number of aromatic nitrogens is 1. The van der Waals surface area contributed by atoms with Gasteiger partial charge in [-0.2, -0.15) is 0 Å². The van der Waals surface area contributed by atoms with Crippen LogP contribution in [-0.4, -0.2) is 4.98 Å². The number of pyridine rings is 1. The third-order valence-corrected chi connectivity index (χ3v) is 3.84. The molecule has 0 amide bonds. The van der Waals surface area contributed by atoms with E-state index in [4.69, 9.17) is 23.2 Å². The third-order valence-electron chi connectivity index (χ3n) is 3.17. The van der Waals surface area contributed by atoms with Gasteiger partial charge in [0.1, 0.15) is 5.15 Å². The van der Waals surface area contributed by atoms with Crippen molar-refractivity contribution in [3.8, 4) is 11.1 Å². The lowest BCUT2D eigenvalue weighted by Crippen LogP contribution is -1.90. The van der Waals surface area contributed by atoms with Gasteiger partial charge in [0.05, 0.1) is 10.5 Å². The SMILES string of the molecule is Cc1cccc2c(Cl)c(-c3ccccc3)c(Cl)nc12. The van der Waals surface area contributed by atoms with Crippen LogP contribution in [0.25, 0.3) is 22.0 Å². The molecular weight excluding hydrogens is 277 g/mol. The van der Waals surface area contributed by atoms with Crippen LogP contribution in [0.15, 0.2) is 48.5 Å². The smallest absolute Gasteiger partial charge is 0.139 e. The highest BCUT2D eigenvalue weighted by molar-refractivity contribution is 6.42. The summed E-state index contributed by atoms with van der Waals surface area (Å²) in [7, 11) is 0. The van der Waals surface area contributed by atoms with E-state index in [-0.39, 0.29) is 0 Å². The molecular formula is C16H11Cl2N. The van der Waals surface area contributed by atoms with E-state index < -0.39 is 0 Å². The topological polar surface area (TPSA) is 12.9 Å². The van der Waals surface area contributed by atoms with Gasteiger partial charge in [0.2, 0.25) is 0 Å². The highest BCUT2D eigenvalue weighted by Crippen LogP contribution is 2.38. The number of para-hydroxylation sites is 1. The zero-order chi connectivity index (χ0) is 13.4. The van der Waals surface area contributed by atoms with Crippen LogP contribution in [0.3, 0.4) is 0 Å². The number of aryl methyl sites for hydroxylation is 1. The molecule has 19 heavy (non-hydrogen) atoms. The molecule has 0 radical (unpaired) electrons. The summed E-state index contributed by atoms with van der Waals surface area (Å²) >= 11 is 12.8. The Labute approximate surface area is 121 Å². The highest BCUT2D eigenvalue weighted by Gasteiger charge is 2.14. The van der Waals surface area contributed by atoms with E-state index in [1.807, 2.05) is 55.5 Å². The molecule has 1 heterocycles. The van der Waals surface area contributed by atoms with Crippen molar-refractivity contribution < 1.29 is 0 Å². The monoisotopic (exact) mass is 287 g/mol. The van der Waals surface area contributed by atoms with E-state index >= 15 is 0 Å². The third kappa shape index (κ3) is 2.09. The summed E-state index contributed by atoms with van der Waals surface area (Å²) in [5, 5.41) is 2.04. The molecule has 0 aliphatic heterocycles. The Morgan fingerprint density at radius 3 is 2.37 bits per heavy atom. The van der Waals surface area contributed by atoms with Crippen LogP contribution in [0.4, 0.5) is 0 Å². The summed E-state index contributed by atoms with van der Waals surface area (Å²) in [5.74, 6) is 0. The second kappa shape index (κ2) is 4.84. The standard InChI is InChI=1S/C16H11Cl2N/c1-10-6-5-9-12-14(17)13(16(18)19-15(10)12)11-7-3-2-4-8-11/h2-9H,1H3. The summed E-state index contributed by atoms with van der Waals surface area (Å²) in [5.41, 5.74) is 3.70. The average molecular weight is 288 g/mol. The number of benzene rings is 2. The first-order valence-corrected chi connectivity index (χ1v) is 6.74. The lowest BCUT2D eigenvalue weighted by molar-refractivity contribution is 1.36. The average Bonchev–Trinajstić information content (AvgIpc) is 2.41. The van der Waals surface area contributed by atoms with Gasteiger partial charge in [-0.25, -0.2) is 4.98 Å². The molecule has 94 valence electrons. The van der Waals surface area contributed by atoms with Crippen molar-refractivity contribution in [1.82, 2.24) is 4.98 Å². The maximum Gasteiger partial charge on any atom is 0.139 e. The number of hydrogen-bond donors (Lipinski definition) is 0. The van der Waals surface area contributed by atoms with Gasteiger partial charge < -0.3 is 0 Å². The number of hydrogen-bond acceptors (Lipinski definition) is 1. The fourth-order valence-corrected chi connectivity index (χ4v) is 2.90. The lowest BCUT2D eigenvalue weighted by Gasteiger charge is -2.11. The number of rotatable bonds is 1. The Hall–Kier alpha value is -1.57. The van der Waals surface area contributed by atoms with Gasteiger partial charge in [0, 0.05) is 10.9 Å². The molecule has 2 aromatic carbocycles. The molecule has 3 rings (SSSR count). The number of fused-ring (bicyclic) bond motifs is 1. The second-order valence-electron chi connectivity index (χ2n) is 4.43. The van der Waals surface area contributed by atoms with Crippen LogP contribution >= 0.6 is 23.2 Å². The van der Waals surface area contributed by atoms with Crippen LogP contribution in [0.5, 0.6) is 0 Å². The zero-order valence-electron chi connectivity index (χ0n) is 10.3. The Morgan fingerprint density at radius 2 is 1.63 bits per heavy atom. The van der Waals surface area contributed by atoms with E-state index in [0.717, 1.165) is 27.6 Å². The van der Waals surface area contributed by atoms with E-state index in [9.17, 15) is 0 Å². The van der Waals surface area contributed by atoms with Crippen molar-refractivity contribution in [1.29, 1.82) is 0 Å². The Balaban J connectivity index is 2.39. The van der Waals surface area contributed by atoms with E-state index in [1.165, 1.54) is 0 Å². The van der Waals surface area contributed by atoms with Gasteiger partial charge in [0.25, 0.3) is 0 Å².